The quantitative estimate of drug-likeness (QED) is 0.545. The standard InChI is InChI=1S/C21H19N3O2S/c1-14-8-10-17(11-9-14)26-15(2)20(25)23-19-18(16-6-4-3-5-7-16)22-21-24(19)12-13-27-21/h3-13,15H,1-2H3,(H,23,25)/t15-/m1/s1. The molecule has 27 heavy (non-hydrogen) atoms. The van der Waals surface area contributed by atoms with Crippen molar-refractivity contribution in [3.05, 3.63) is 71.7 Å². The molecule has 2 aromatic carbocycles. The number of benzene rings is 2. The summed E-state index contributed by atoms with van der Waals surface area (Å²) in [5.41, 5.74) is 2.85. The van der Waals surface area contributed by atoms with E-state index in [0.717, 1.165) is 21.8 Å². The number of fused-ring (bicyclic) bond motifs is 1. The maximum absolute atomic E-state index is 12.8. The summed E-state index contributed by atoms with van der Waals surface area (Å²) >= 11 is 1.53. The lowest BCUT2D eigenvalue weighted by atomic mass is 10.1. The lowest BCUT2D eigenvalue weighted by Crippen LogP contribution is -2.30. The van der Waals surface area contributed by atoms with Crippen LogP contribution >= 0.6 is 11.3 Å². The molecule has 0 aliphatic carbocycles. The van der Waals surface area contributed by atoms with Crippen molar-refractivity contribution in [2.75, 3.05) is 5.32 Å². The number of hydrogen-bond acceptors (Lipinski definition) is 4. The van der Waals surface area contributed by atoms with Gasteiger partial charge in [-0.25, -0.2) is 4.98 Å². The van der Waals surface area contributed by atoms with Crippen LogP contribution in [0.1, 0.15) is 12.5 Å². The van der Waals surface area contributed by atoms with Crippen molar-refractivity contribution < 1.29 is 9.53 Å². The molecule has 1 amide bonds. The smallest absolute Gasteiger partial charge is 0.266 e. The molecule has 0 bridgehead atoms. The third kappa shape index (κ3) is 3.57. The van der Waals surface area contributed by atoms with E-state index in [2.05, 4.69) is 10.3 Å². The first kappa shape index (κ1) is 17.3. The summed E-state index contributed by atoms with van der Waals surface area (Å²) in [6, 6.07) is 17.5. The van der Waals surface area contributed by atoms with Gasteiger partial charge in [0.25, 0.3) is 5.91 Å². The Morgan fingerprint density at radius 3 is 2.63 bits per heavy atom. The molecule has 2 aromatic heterocycles. The molecule has 5 nitrogen and oxygen atoms in total. The molecule has 0 radical (unpaired) electrons. The zero-order valence-electron chi connectivity index (χ0n) is 15.0. The predicted molar refractivity (Wildman–Crippen MR) is 108 cm³/mol. The molecule has 0 spiro atoms. The average Bonchev–Trinajstić information content (AvgIpc) is 3.27. The second-order valence-corrected chi connectivity index (χ2v) is 7.17. The topological polar surface area (TPSA) is 55.6 Å². The second-order valence-electron chi connectivity index (χ2n) is 6.29. The van der Waals surface area contributed by atoms with Crippen molar-refractivity contribution in [1.82, 2.24) is 9.38 Å². The molecule has 6 heteroatoms. The van der Waals surface area contributed by atoms with E-state index in [4.69, 9.17) is 4.74 Å². The third-order valence-electron chi connectivity index (χ3n) is 4.25. The fourth-order valence-corrected chi connectivity index (χ4v) is 3.51. The number of imidazole rings is 1. The van der Waals surface area contributed by atoms with Crippen molar-refractivity contribution >= 4 is 28.0 Å². The summed E-state index contributed by atoms with van der Waals surface area (Å²) in [6.45, 7) is 3.75. The first-order valence-corrected chi connectivity index (χ1v) is 9.55. The van der Waals surface area contributed by atoms with Crippen molar-refractivity contribution in [1.29, 1.82) is 0 Å². The van der Waals surface area contributed by atoms with E-state index in [9.17, 15) is 4.79 Å². The highest BCUT2D eigenvalue weighted by Gasteiger charge is 2.21. The maximum atomic E-state index is 12.8. The highest BCUT2D eigenvalue weighted by molar-refractivity contribution is 7.15. The number of aromatic nitrogens is 2. The van der Waals surface area contributed by atoms with E-state index in [1.54, 1.807) is 6.92 Å². The van der Waals surface area contributed by atoms with Crippen LogP contribution in [0.25, 0.3) is 16.2 Å². The van der Waals surface area contributed by atoms with Crippen molar-refractivity contribution in [2.45, 2.75) is 20.0 Å². The van der Waals surface area contributed by atoms with Gasteiger partial charge < -0.3 is 10.1 Å². The van der Waals surface area contributed by atoms with Crippen LogP contribution in [0.2, 0.25) is 0 Å². The van der Waals surface area contributed by atoms with Crippen molar-refractivity contribution in [2.24, 2.45) is 0 Å². The maximum Gasteiger partial charge on any atom is 0.266 e. The van der Waals surface area contributed by atoms with Gasteiger partial charge in [-0.05, 0) is 26.0 Å². The lowest BCUT2D eigenvalue weighted by Gasteiger charge is -2.15. The lowest BCUT2D eigenvalue weighted by molar-refractivity contribution is -0.122. The molecule has 0 saturated carbocycles. The summed E-state index contributed by atoms with van der Waals surface area (Å²) in [4.78, 5) is 18.3. The molecule has 0 aliphatic rings. The predicted octanol–water partition coefficient (Wildman–Crippen LogP) is 4.78. The SMILES string of the molecule is Cc1ccc(O[C@H](C)C(=O)Nc2c(-c3ccccc3)nc3sccn23)cc1. The highest BCUT2D eigenvalue weighted by atomic mass is 32.1. The van der Waals surface area contributed by atoms with E-state index in [0.29, 0.717) is 11.6 Å². The Labute approximate surface area is 161 Å². The van der Waals surface area contributed by atoms with Gasteiger partial charge in [0, 0.05) is 17.1 Å². The van der Waals surface area contributed by atoms with Gasteiger partial charge in [0.15, 0.2) is 11.1 Å². The fraction of sp³-hybridized carbons (Fsp3) is 0.143. The Hall–Kier alpha value is -3.12. The summed E-state index contributed by atoms with van der Waals surface area (Å²) < 4.78 is 7.67. The second kappa shape index (κ2) is 7.25. The van der Waals surface area contributed by atoms with Gasteiger partial charge in [0.2, 0.25) is 0 Å². The minimum atomic E-state index is -0.638. The molecule has 1 atom stereocenters. The number of amides is 1. The molecule has 0 unspecified atom stereocenters. The Balaban J connectivity index is 1.59. The first-order chi connectivity index (χ1) is 13.1. The van der Waals surface area contributed by atoms with E-state index in [1.807, 2.05) is 77.5 Å². The number of nitrogens with zero attached hydrogens (tertiary/aromatic N) is 2. The molecule has 2 heterocycles. The number of carbonyl (C=O) groups excluding carboxylic acids is 1. The van der Waals surface area contributed by atoms with Gasteiger partial charge in [0.05, 0.1) is 0 Å². The zero-order chi connectivity index (χ0) is 18.8. The molecule has 0 fully saturated rings. The van der Waals surface area contributed by atoms with Crippen LogP contribution in [0.3, 0.4) is 0 Å². The van der Waals surface area contributed by atoms with Crippen LogP contribution in [0.4, 0.5) is 5.82 Å². The van der Waals surface area contributed by atoms with E-state index in [-0.39, 0.29) is 5.91 Å². The fourth-order valence-electron chi connectivity index (χ4n) is 2.80. The monoisotopic (exact) mass is 377 g/mol. The van der Waals surface area contributed by atoms with E-state index in [1.165, 1.54) is 11.3 Å². The number of rotatable bonds is 5. The number of anilines is 1. The van der Waals surface area contributed by atoms with Crippen LogP contribution in [-0.4, -0.2) is 21.4 Å². The molecule has 1 N–H and O–H groups in total. The number of hydrogen-bond donors (Lipinski definition) is 1. The normalized spacial score (nSPS) is 12.1. The Morgan fingerprint density at radius 1 is 1.15 bits per heavy atom. The highest BCUT2D eigenvalue weighted by Crippen LogP contribution is 2.30. The van der Waals surface area contributed by atoms with Crippen molar-refractivity contribution in [3.8, 4) is 17.0 Å². The van der Waals surface area contributed by atoms with Crippen LogP contribution in [0.15, 0.2) is 66.2 Å². The van der Waals surface area contributed by atoms with Gasteiger partial charge in [-0.3, -0.25) is 9.20 Å². The van der Waals surface area contributed by atoms with Gasteiger partial charge >= 0.3 is 0 Å². The molecular weight excluding hydrogens is 358 g/mol. The van der Waals surface area contributed by atoms with Gasteiger partial charge in [-0.15, -0.1) is 11.3 Å². The summed E-state index contributed by atoms with van der Waals surface area (Å²) in [7, 11) is 0. The van der Waals surface area contributed by atoms with E-state index >= 15 is 0 Å². The van der Waals surface area contributed by atoms with Gasteiger partial charge in [-0.1, -0.05) is 48.0 Å². The molecule has 0 aliphatic heterocycles. The minimum Gasteiger partial charge on any atom is -0.481 e. The zero-order valence-corrected chi connectivity index (χ0v) is 15.9. The average molecular weight is 377 g/mol. The molecule has 4 aromatic rings. The molecule has 0 saturated heterocycles. The Morgan fingerprint density at radius 2 is 1.89 bits per heavy atom. The molecular formula is C21H19N3O2S. The molecule has 136 valence electrons. The Kier molecular flexibility index (Phi) is 4.64. The number of nitrogens with one attached hydrogen (secondary N) is 1. The largest absolute Gasteiger partial charge is 0.481 e. The van der Waals surface area contributed by atoms with Gasteiger partial charge in [0.1, 0.15) is 17.3 Å². The van der Waals surface area contributed by atoms with Crippen LogP contribution in [0, 0.1) is 6.92 Å². The minimum absolute atomic E-state index is 0.222. The first-order valence-electron chi connectivity index (χ1n) is 8.67. The number of thiazole rings is 1. The van der Waals surface area contributed by atoms with Crippen molar-refractivity contribution in [3.63, 3.8) is 0 Å². The number of carbonyl (C=O) groups is 1. The molecule has 4 rings (SSSR count). The van der Waals surface area contributed by atoms with Crippen LogP contribution in [-0.2, 0) is 4.79 Å². The van der Waals surface area contributed by atoms with Crippen LogP contribution < -0.4 is 10.1 Å². The van der Waals surface area contributed by atoms with Gasteiger partial charge in [-0.2, -0.15) is 0 Å². The van der Waals surface area contributed by atoms with E-state index < -0.39 is 6.10 Å². The van der Waals surface area contributed by atoms with Crippen LogP contribution in [0.5, 0.6) is 5.75 Å². The summed E-state index contributed by atoms with van der Waals surface area (Å²) in [6.07, 6.45) is 1.26. The Bertz CT molecular complexity index is 1070. The summed E-state index contributed by atoms with van der Waals surface area (Å²) in [5.74, 6) is 1.10. The third-order valence-corrected chi connectivity index (χ3v) is 5.01. The number of aryl methyl sites for hydroxylation is 1. The number of ether oxygens (including phenoxy) is 1. The summed E-state index contributed by atoms with van der Waals surface area (Å²) in [5, 5.41) is 4.94.